The highest BCUT2D eigenvalue weighted by molar-refractivity contribution is 6.32. The fourth-order valence-electron chi connectivity index (χ4n) is 5.46. The van der Waals surface area contributed by atoms with Crippen molar-refractivity contribution in [1.29, 1.82) is 0 Å². The number of anilines is 1. The number of hydrogen-bond donors (Lipinski definition) is 0. The number of rotatable bonds is 9. The first-order valence-corrected chi connectivity index (χ1v) is 13.7. The second-order valence-electron chi connectivity index (χ2n) is 10.7. The Labute approximate surface area is 229 Å². The summed E-state index contributed by atoms with van der Waals surface area (Å²) >= 11 is 0. The molecule has 3 amide bonds. The highest BCUT2D eigenvalue weighted by Crippen LogP contribution is 2.43. The van der Waals surface area contributed by atoms with E-state index in [4.69, 9.17) is 0 Å². The van der Waals surface area contributed by atoms with E-state index in [0.29, 0.717) is 17.4 Å². The zero-order valence-electron chi connectivity index (χ0n) is 22.3. The summed E-state index contributed by atoms with van der Waals surface area (Å²) in [6, 6.07) is 1.17. The van der Waals surface area contributed by atoms with Gasteiger partial charge in [-0.3, -0.25) is 19.3 Å². The predicted molar refractivity (Wildman–Crippen MR) is 135 cm³/mol. The molecule has 1 saturated carbocycles. The Morgan fingerprint density at radius 2 is 1.48 bits per heavy atom. The molecular weight excluding hydrogens is 540 g/mol. The molecule has 6 nitrogen and oxygen atoms in total. The number of nitrogens with zero attached hydrogens (tertiary/aromatic N) is 3. The standard InChI is InChI=1S/C28H33F6N3O3/c1-18-21(9-4-2-3-5-12-35-13-15-36(16-14-35)25(39)19-7-6-8-19)26(40)37(24(18)38)20-10-11-22(27(29,30)31)23(17-20)28(32,33)34/h10-11,17,19H,2-9,12-16H2,1H3. The van der Waals surface area contributed by atoms with Gasteiger partial charge >= 0.3 is 12.4 Å². The Morgan fingerprint density at radius 3 is 2.05 bits per heavy atom. The number of piperazine rings is 1. The first kappa shape index (κ1) is 30.1. The van der Waals surface area contributed by atoms with Crippen LogP contribution in [0.25, 0.3) is 0 Å². The molecule has 4 rings (SSSR count). The zero-order chi connectivity index (χ0) is 29.2. The van der Waals surface area contributed by atoms with Gasteiger partial charge in [0.1, 0.15) is 0 Å². The minimum absolute atomic E-state index is 0.0905. The van der Waals surface area contributed by atoms with E-state index in [1.807, 2.05) is 4.90 Å². The minimum Gasteiger partial charge on any atom is -0.340 e. The number of amides is 3. The van der Waals surface area contributed by atoms with Gasteiger partial charge in [-0.25, -0.2) is 4.90 Å². The molecule has 40 heavy (non-hydrogen) atoms. The lowest BCUT2D eigenvalue weighted by Gasteiger charge is -2.38. The largest absolute Gasteiger partial charge is 0.417 e. The van der Waals surface area contributed by atoms with Crippen LogP contribution in [0.5, 0.6) is 0 Å². The van der Waals surface area contributed by atoms with Crippen molar-refractivity contribution in [2.24, 2.45) is 5.92 Å². The third-order valence-corrected chi connectivity index (χ3v) is 8.10. The number of hydrogen-bond acceptors (Lipinski definition) is 4. The van der Waals surface area contributed by atoms with E-state index in [0.717, 1.165) is 71.2 Å². The summed E-state index contributed by atoms with van der Waals surface area (Å²) in [5, 5.41) is 0. The highest BCUT2D eigenvalue weighted by atomic mass is 19.4. The van der Waals surface area contributed by atoms with Gasteiger partial charge in [-0.2, -0.15) is 26.3 Å². The summed E-state index contributed by atoms with van der Waals surface area (Å²) in [5.74, 6) is -1.13. The summed E-state index contributed by atoms with van der Waals surface area (Å²) in [4.78, 5) is 42.8. The van der Waals surface area contributed by atoms with Crippen molar-refractivity contribution in [2.45, 2.75) is 70.6 Å². The van der Waals surface area contributed by atoms with E-state index >= 15 is 0 Å². The van der Waals surface area contributed by atoms with Crippen molar-refractivity contribution in [3.05, 3.63) is 40.5 Å². The molecule has 3 aliphatic rings. The van der Waals surface area contributed by atoms with Crippen molar-refractivity contribution < 1.29 is 40.7 Å². The molecule has 0 bridgehead atoms. The minimum atomic E-state index is -5.32. The van der Waals surface area contributed by atoms with Crippen molar-refractivity contribution in [2.75, 3.05) is 37.6 Å². The van der Waals surface area contributed by atoms with E-state index in [1.165, 1.54) is 6.92 Å². The Bertz CT molecular complexity index is 1160. The summed E-state index contributed by atoms with van der Waals surface area (Å²) in [6.45, 7) is 5.49. The van der Waals surface area contributed by atoms with Crippen LogP contribution in [0.15, 0.2) is 29.3 Å². The van der Waals surface area contributed by atoms with Crippen LogP contribution in [0.1, 0.15) is 69.4 Å². The van der Waals surface area contributed by atoms with E-state index in [2.05, 4.69) is 4.90 Å². The fourth-order valence-corrected chi connectivity index (χ4v) is 5.46. The number of unbranched alkanes of at least 4 members (excludes halogenated alkanes) is 3. The molecule has 220 valence electrons. The van der Waals surface area contributed by atoms with Crippen molar-refractivity contribution in [3.8, 4) is 0 Å². The summed E-state index contributed by atoms with van der Waals surface area (Å²) in [7, 11) is 0. The molecule has 0 atom stereocenters. The molecular formula is C28H33F6N3O3. The maximum atomic E-state index is 13.4. The van der Waals surface area contributed by atoms with Crippen LogP contribution >= 0.6 is 0 Å². The first-order chi connectivity index (χ1) is 18.8. The average molecular weight is 574 g/mol. The lowest BCUT2D eigenvalue weighted by atomic mass is 9.84. The van der Waals surface area contributed by atoms with Crippen LogP contribution in [0.2, 0.25) is 0 Å². The van der Waals surface area contributed by atoms with E-state index in [1.54, 1.807) is 0 Å². The maximum Gasteiger partial charge on any atom is 0.417 e. The van der Waals surface area contributed by atoms with Gasteiger partial charge in [-0.05, 0) is 63.8 Å². The number of carbonyl (C=O) groups is 3. The van der Waals surface area contributed by atoms with Crippen LogP contribution in [-0.2, 0) is 26.7 Å². The molecule has 0 spiro atoms. The molecule has 1 saturated heterocycles. The third kappa shape index (κ3) is 6.53. The van der Waals surface area contributed by atoms with Gasteiger partial charge < -0.3 is 4.90 Å². The zero-order valence-corrected chi connectivity index (χ0v) is 22.3. The first-order valence-electron chi connectivity index (χ1n) is 13.7. The second-order valence-corrected chi connectivity index (χ2v) is 10.7. The molecule has 12 heteroatoms. The smallest absolute Gasteiger partial charge is 0.340 e. The van der Waals surface area contributed by atoms with E-state index < -0.39 is 41.0 Å². The summed E-state index contributed by atoms with van der Waals surface area (Å²) < 4.78 is 79.4. The molecule has 0 radical (unpaired) electrons. The molecule has 0 N–H and O–H groups in total. The Kier molecular flexibility index (Phi) is 8.96. The van der Waals surface area contributed by atoms with Crippen LogP contribution < -0.4 is 4.90 Å². The van der Waals surface area contributed by atoms with E-state index in [-0.39, 0.29) is 41.5 Å². The second kappa shape index (κ2) is 11.9. The monoisotopic (exact) mass is 573 g/mol. The van der Waals surface area contributed by atoms with Crippen LogP contribution in [0, 0.1) is 5.92 Å². The van der Waals surface area contributed by atoms with Gasteiger partial charge in [-0.15, -0.1) is 0 Å². The van der Waals surface area contributed by atoms with Crippen LogP contribution in [-0.4, -0.2) is 60.2 Å². The Hall–Kier alpha value is -2.89. The molecule has 2 heterocycles. The topological polar surface area (TPSA) is 60.9 Å². The number of imide groups is 1. The lowest BCUT2D eigenvalue weighted by molar-refractivity contribution is -0.162. The van der Waals surface area contributed by atoms with Crippen molar-refractivity contribution >= 4 is 23.4 Å². The van der Waals surface area contributed by atoms with Crippen LogP contribution in [0.3, 0.4) is 0 Å². The van der Waals surface area contributed by atoms with Gasteiger partial charge in [0.2, 0.25) is 5.91 Å². The van der Waals surface area contributed by atoms with Gasteiger partial charge in [0.25, 0.3) is 11.8 Å². The fraction of sp³-hybridized carbons (Fsp3) is 0.607. The highest BCUT2D eigenvalue weighted by Gasteiger charge is 2.45. The average Bonchev–Trinajstić information content (AvgIpc) is 3.06. The quantitative estimate of drug-likeness (QED) is 0.213. The number of halogens is 6. The maximum absolute atomic E-state index is 13.4. The predicted octanol–water partition coefficient (Wildman–Crippen LogP) is 5.81. The molecule has 2 fully saturated rings. The van der Waals surface area contributed by atoms with Gasteiger partial charge in [0.05, 0.1) is 16.8 Å². The van der Waals surface area contributed by atoms with Gasteiger partial charge in [0.15, 0.2) is 0 Å². The van der Waals surface area contributed by atoms with Crippen molar-refractivity contribution in [1.82, 2.24) is 9.80 Å². The molecule has 1 aromatic carbocycles. The molecule has 0 aromatic heterocycles. The molecule has 1 aliphatic carbocycles. The van der Waals surface area contributed by atoms with E-state index in [9.17, 15) is 40.7 Å². The van der Waals surface area contributed by atoms with Gasteiger partial charge in [-0.1, -0.05) is 19.3 Å². The van der Waals surface area contributed by atoms with Crippen LogP contribution in [0.4, 0.5) is 32.0 Å². The summed E-state index contributed by atoms with van der Waals surface area (Å²) in [5.41, 5.74) is -4.11. The SMILES string of the molecule is CC1=C(CCCCCCN2CCN(C(=O)C3CCC3)CC2)C(=O)N(c2ccc(C(F)(F)F)c(C(F)(F)F)c2)C1=O. The Morgan fingerprint density at radius 1 is 0.850 bits per heavy atom. The Balaban J connectivity index is 1.24. The van der Waals surface area contributed by atoms with Crippen molar-refractivity contribution in [3.63, 3.8) is 0 Å². The molecule has 2 aliphatic heterocycles. The number of benzene rings is 1. The molecule has 1 aromatic rings. The van der Waals surface area contributed by atoms with Gasteiger partial charge in [0, 0.05) is 43.2 Å². The summed E-state index contributed by atoms with van der Waals surface area (Å²) in [6.07, 6.45) is -4.00. The number of carbonyl (C=O) groups excluding carboxylic acids is 3. The lowest BCUT2D eigenvalue weighted by Crippen LogP contribution is -2.51. The number of alkyl halides is 6. The molecule has 0 unspecified atom stereocenters. The third-order valence-electron chi connectivity index (χ3n) is 8.10. The normalized spacial score (nSPS) is 19.6.